The smallest absolute Gasteiger partial charge is 0.240 e. The number of amides is 1. The molecule has 0 unspecified atom stereocenters. The van der Waals surface area contributed by atoms with E-state index in [0.717, 1.165) is 30.9 Å². The third kappa shape index (κ3) is 10.6. The molecule has 29 heavy (non-hydrogen) atoms. The van der Waals surface area contributed by atoms with Gasteiger partial charge in [0, 0.05) is 26.2 Å². The van der Waals surface area contributed by atoms with Crippen LogP contribution in [-0.2, 0) is 11.2 Å². The van der Waals surface area contributed by atoms with E-state index >= 15 is 0 Å². The second-order valence-electron chi connectivity index (χ2n) is 7.65. The molecule has 1 aromatic carbocycles. The number of hydrogen-bond donors (Lipinski definition) is 2. The molecule has 0 aliphatic rings. The van der Waals surface area contributed by atoms with Crippen molar-refractivity contribution in [2.24, 2.45) is 4.99 Å². The Hall–Kier alpha value is -1.71. The maximum atomic E-state index is 12.1. The van der Waals surface area contributed by atoms with Gasteiger partial charge in [-0.05, 0) is 58.2 Å². The SMILES string of the molecule is CCOc1cc(CCCNC(=NC)N(C)CC(=O)NC(C)(C)C)ccc1OC.I. The van der Waals surface area contributed by atoms with E-state index in [1.165, 1.54) is 5.56 Å². The molecule has 1 rings (SSSR count). The zero-order valence-corrected chi connectivity index (χ0v) is 21.1. The lowest BCUT2D eigenvalue weighted by Crippen LogP contribution is -2.48. The minimum absolute atomic E-state index is 0. The van der Waals surface area contributed by atoms with Gasteiger partial charge in [0.15, 0.2) is 17.5 Å². The molecular weight excluding hydrogens is 483 g/mol. The minimum Gasteiger partial charge on any atom is -0.493 e. The van der Waals surface area contributed by atoms with Gasteiger partial charge in [0.2, 0.25) is 5.91 Å². The number of guanidine groups is 1. The highest BCUT2D eigenvalue weighted by Gasteiger charge is 2.16. The van der Waals surface area contributed by atoms with Crippen LogP contribution in [0.2, 0.25) is 0 Å². The van der Waals surface area contributed by atoms with E-state index in [1.807, 2.05) is 51.8 Å². The van der Waals surface area contributed by atoms with Gasteiger partial charge in [-0.1, -0.05) is 6.07 Å². The van der Waals surface area contributed by atoms with Gasteiger partial charge in [-0.25, -0.2) is 0 Å². The maximum Gasteiger partial charge on any atom is 0.240 e. The van der Waals surface area contributed by atoms with Crippen molar-refractivity contribution in [3.8, 4) is 11.5 Å². The Labute approximate surface area is 192 Å². The quantitative estimate of drug-likeness (QED) is 0.227. The maximum absolute atomic E-state index is 12.1. The minimum atomic E-state index is -0.242. The van der Waals surface area contributed by atoms with Crippen LogP contribution in [0.25, 0.3) is 0 Å². The number of carbonyl (C=O) groups excluding carboxylic acids is 1. The molecule has 0 atom stereocenters. The summed E-state index contributed by atoms with van der Waals surface area (Å²) in [5.41, 5.74) is 0.951. The number of aliphatic imine (C=N–C) groups is 1. The summed E-state index contributed by atoms with van der Waals surface area (Å²) >= 11 is 0. The number of likely N-dealkylation sites (N-methyl/N-ethyl adjacent to an activating group) is 1. The normalized spacial score (nSPS) is 11.3. The van der Waals surface area contributed by atoms with Crippen LogP contribution in [0.1, 0.15) is 39.7 Å². The average Bonchev–Trinajstić information content (AvgIpc) is 2.60. The second-order valence-corrected chi connectivity index (χ2v) is 7.65. The molecule has 0 radical (unpaired) electrons. The van der Waals surface area contributed by atoms with Crippen LogP contribution in [-0.4, -0.2) is 63.2 Å². The van der Waals surface area contributed by atoms with Crippen LogP contribution in [0.5, 0.6) is 11.5 Å². The Morgan fingerprint density at radius 1 is 1.24 bits per heavy atom. The zero-order valence-electron chi connectivity index (χ0n) is 18.8. The van der Waals surface area contributed by atoms with Crippen LogP contribution in [0.4, 0.5) is 0 Å². The summed E-state index contributed by atoms with van der Waals surface area (Å²) in [6.45, 7) is 9.48. The topological polar surface area (TPSA) is 75.2 Å². The molecule has 0 heterocycles. The molecule has 0 spiro atoms. The first-order valence-corrected chi connectivity index (χ1v) is 9.72. The molecule has 166 valence electrons. The number of benzene rings is 1. The van der Waals surface area contributed by atoms with Gasteiger partial charge in [0.05, 0.1) is 20.3 Å². The van der Waals surface area contributed by atoms with Gasteiger partial charge >= 0.3 is 0 Å². The third-order valence-corrected chi connectivity index (χ3v) is 3.92. The highest BCUT2D eigenvalue weighted by Crippen LogP contribution is 2.28. The standard InChI is InChI=1S/C21H36N4O3.HI/c1-8-28-18-14-16(11-12-17(18)27-7)10-9-13-23-20(22-5)25(6)15-19(26)24-21(2,3)4;/h11-12,14H,8-10,13,15H2,1-7H3,(H,22,23)(H,24,26);1H. The van der Waals surface area contributed by atoms with E-state index in [9.17, 15) is 4.79 Å². The van der Waals surface area contributed by atoms with E-state index in [-0.39, 0.29) is 42.0 Å². The molecule has 2 N–H and O–H groups in total. The Morgan fingerprint density at radius 2 is 1.93 bits per heavy atom. The van der Waals surface area contributed by atoms with Gasteiger partial charge in [0.1, 0.15) is 0 Å². The van der Waals surface area contributed by atoms with Crippen LogP contribution in [0.3, 0.4) is 0 Å². The number of ether oxygens (including phenoxy) is 2. The summed E-state index contributed by atoms with van der Waals surface area (Å²) < 4.78 is 11.0. The third-order valence-electron chi connectivity index (χ3n) is 3.92. The van der Waals surface area contributed by atoms with Crippen molar-refractivity contribution < 1.29 is 14.3 Å². The fraction of sp³-hybridized carbons (Fsp3) is 0.619. The van der Waals surface area contributed by atoms with Crippen molar-refractivity contribution in [1.82, 2.24) is 15.5 Å². The first-order chi connectivity index (χ1) is 13.2. The zero-order chi connectivity index (χ0) is 21.2. The van der Waals surface area contributed by atoms with E-state index in [0.29, 0.717) is 12.6 Å². The summed E-state index contributed by atoms with van der Waals surface area (Å²) in [4.78, 5) is 18.2. The molecule has 0 fully saturated rings. The highest BCUT2D eigenvalue weighted by molar-refractivity contribution is 14.0. The monoisotopic (exact) mass is 520 g/mol. The molecule has 7 nitrogen and oxygen atoms in total. The molecule has 0 saturated heterocycles. The predicted octanol–water partition coefficient (Wildman–Crippen LogP) is 3.07. The van der Waals surface area contributed by atoms with Crippen molar-refractivity contribution in [1.29, 1.82) is 0 Å². The largest absolute Gasteiger partial charge is 0.493 e. The molecule has 0 aromatic heterocycles. The number of nitrogens with one attached hydrogen (secondary N) is 2. The Kier molecular flexibility index (Phi) is 12.7. The van der Waals surface area contributed by atoms with Crippen molar-refractivity contribution in [3.63, 3.8) is 0 Å². The summed E-state index contributed by atoms with van der Waals surface area (Å²) in [6.07, 6.45) is 1.83. The van der Waals surface area contributed by atoms with Crippen molar-refractivity contribution in [2.75, 3.05) is 40.9 Å². The molecule has 8 heteroatoms. The Bertz CT molecular complexity index is 660. The summed E-state index contributed by atoms with van der Waals surface area (Å²) in [5, 5.41) is 6.27. The molecule has 1 aromatic rings. The number of hydrogen-bond acceptors (Lipinski definition) is 4. The number of rotatable bonds is 9. The number of methoxy groups -OCH3 is 1. The van der Waals surface area contributed by atoms with E-state index in [4.69, 9.17) is 9.47 Å². The number of nitrogens with zero attached hydrogens (tertiary/aromatic N) is 2. The first-order valence-electron chi connectivity index (χ1n) is 9.72. The second kappa shape index (κ2) is 13.5. The van der Waals surface area contributed by atoms with Crippen molar-refractivity contribution >= 4 is 35.8 Å². The molecular formula is C21H37IN4O3. The van der Waals surface area contributed by atoms with Gasteiger partial charge in [-0.15, -0.1) is 24.0 Å². The van der Waals surface area contributed by atoms with Gasteiger partial charge in [0.25, 0.3) is 0 Å². The van der Waals surface area contributed by atoms with Crippen molar-refractivity contribution in [2.45, 2.75) is 46.1 Å². The molecule has 0 bridgehead atoms. The average molecular weight is 520 g/mol. The Balaban J connectivity index is 0.00000784. The van der Waals surface area contributed by atoms with Gasteiger partial charge < -0.3 is 25.0 Å². The van der Waals surface area contributed by atoms with Gasteiger partial charge in [-0.2, -0.15) is 0 Å². The molecule has 0 aliphatic heterocycles. The summed E-state index contributed by atoms with van der Waals surface area (Å²) in [7, 11) is 5.22. The lowest BCUT2D eigenvalue weighted by atomic mass is 10.1. The number of halogens is 1. The molecule has 1 amide bonds. The van der Waals surface area contributed by atoms with Crippen molar-refractivity contribution in [3.05, 3.63) is 23.8 Å². The number of carbonyl (C=O) groups is 1. The Morgan fingerprint density at radius 3 is 2.48 bits per heavy atom. The lowest BCUT2D eigenvalue weighted by Gasteiger charge is -2.25. The lowest BCUT2D eigenvalue weighted by molar-refractivity contribution is -0.122. The van der Waals surface area contributed by atoms with E-state index in [1.54, 1.807) is 14.2 Å². The van der Waals surface area contributed by atoms with Crippen LogP contribution < -0.4 is 20.1 Å². The van der Waals surface area contributed by atoms with Crippen LogP contribution in [0.15, 0.2) is 23.2 Å². The van der Waals surface area contributed by atoms with Crippen LogP contribution in [0, 0.1) is 0 Å². The molecule has 0 saturated carbocycles. The number of aryl methyl sites for hydroxylation is 1. The molecule has 0 aliphatic carbocycles. The fourth-order valence-electron chi connectivity index (χ4n) is 2.77. The fourth-order valence-corrected chi connectivity index (χ4v) is 2.77. The first kappa shape index (κ1) is 27.3. The predicted molar refractivity (Wildman–Crippen MR) is 130 cm³/mol. The van der Waals surface area contributed by atoms with Gasteiger partial charge in [-0.3, -0.25) is 9.79 Å². The van der Waals surface area contributed by atoms with E-state index < -0.39 is 0 Å². The van der Waals surface area contributed by atoms with E-state index in [2.05, 4.69) is 21.7 Å². The highest BCUT2D eigenvalue weighted by atomic mass is 127. The summed E-state index contributed by atoms with van der Waals surface area (Å²) in [5.74, 6) is 2.20. The summed E-state index contributed by atoms with van der Waals surface area (Å²) in [6, 6.07) is 6.02. The van der Waals surface area contributed by atoms with Crippen LogP contribution >= 0.6 is 24.0 Å².